The molecule has 0 saturated carbocycles. The number of hydrogen-bond donors (Lipinski definition) is 0. The smallest absolute Gasteiger partial charge is 0.258 e. The van der Waals surface area contributed by atoms with Gasteiger partial charge in [-0.05, 0) is 30.2 Å². The second-order valence-corrected chi connectivity index (χ2v) is 5.13. The average molecular weight is 290 g/mol. The molecule has 0 spiro atoms. The van der Waals surface area contributed by atoms with Gasteiger partial charge in [0.05, 0.1) is 4.92 Å². The van der Waals surface area contributed by atoms with Gasteiger partial charge in [0.25, 0.3) is 0 Å². The number of rotatable bonds is 3. The minimum Gasteiger partial charge on any atom is -0.258 e. The van der Waals surface area contributed by atoms with Crippen LogP contribution in [0.25, 0.3) is 0 Å². The van der Waals surface area contributed by atoms with E-state index in [4.69, 9.17) is 11.6 Å². The van der Waals surface area contributed by atoms with Gasteiger partial charge < -0.3 is 0 Å². The summed E-state index contributed by atoms with van der Waals surface area (Å²) in [5.41, 5.74) is -0.313. The van der Waals surface area contributed by atoms with E-state index in [1.54, 1.807) is 6.92 Å². The second kappa shape index (κ2) is 4.90. The Hall–Kier alpha value is -1.32. The molecule has 0 aliphatic rings. The van der Waals surface area contributed by atoms with E-state index in [9.17, 15) is 10.1 Å². The van der Waals surface area contributed by atoms with Crippen molar-refractivity contribution in [2.75, 3.05) is 0 Å². The summed E-state index contributed by atoms with van der Waals surface area (Å²) < 4.78 is 4.54. The molecule has 17 heavy (non-hydrogen) atoms. The minimum atomic E-state index is -0.613. The lowest BCUT2D eigenvalue weighted by Gasteiger charge is -1.99. The van der Waals surface area contributed by atoms with Crippen LogP contribution in [0.1, 0.15) is 5.82 Å². The van der Waals surface area contributed by atoms with Crippen LogP contribution in [0, 0.1) is 17.0 Å². The van der Waals surface area contributed by atoms with Crippen molar-refractivity contribution in [2.45, 2.75) is 16.3 Å². The molecule has 0 aromatic carbocycles. The van der Waals surface area contributed by atoms with Gasteiger partial charge >= 0.3 is 5.69 Å². The summed E-state index contributed by atoms with van der Waals surface area (Å²) >= 11 is 7.85. The Labute approximate surface area is 109 Å². The lowest BCUT2D eigenvalue weighted by atomic mass is 10.5. The number of aromatic nitrogens is 4. The first kappa shape index (κ1) is 12.1. The Morgan fingerprint density at radius 3 is 2.88 bits per heavy atom. The molecule has 0 bridgehead atoms. The van der Waals surface area contributed by atoms with Crippen LogP contribution < -0.4 is 0 Å². The fourth-order valence-corrected chi connectivity index (χ4v) is 2.86. The maximum absolute atomic E-state index is 10.8. The highest BCUT2D eigenvalue weighted by Gasteiger charge is 2.23. The Morgan fingerprint density at radius 2 is 2.29 bits per heavy atom. The van der Waals surface area contributed by atoms with Gasteiger partial charge in [0.2, 0.25) is 5.15 Å². The van der Waals surface area contributed by atoms with Crippen LogP contribution in [0.2, 0.25) is 5.15 Å². The van der Waals surface area contributed by atoms with Gasteiger partial charge in [-0.2, -0.15) is 4.37 Å². The molecule has 0 saturated heterocycles. The number of aryl methyl sites for hydroxylation is 1. The molecule has 2 rings (SSSR count). The summed E-state index contributed by atoms with van der Waals surface area (Å²) in [5, 5.41) is 10.8. The monoisotopic (exact) mass is 289 g/mol. The van der Waals surface area contributed by atoms with Crippen LogP contribution in [0.15, 0.2) is 15.7 Å². The molecule has 0 aliphatic heterocycles. The predicted molar refractivity (Wildman–Crippen MR) is 62.5 cm³/mol. The van der Waals surface area contributed by atoms with Gasteiger partial charge in [0, 0.05) is 0 Å². The Balaban J connectivity index is 2.39. The van der Waals surface area contributed by atoms with Gasteiger partial charge in [-0.3, -0.25) is 10.1 Å². The van der Waals surface area contributed by atoms with Crippen molar-refractivity contribution in [1.82, 2.24) is 19.3 Å². The van der Waals surface area contributed by atoms with Crippen LogP contribution in [0.3, 0.4) is 0 Å². The van der Waals surface area contributed by atoms with E-state index in [0.29, 0.717) is 10.2 Å². The summed E-state index contributed by atoms with van der Waals surface area (Å²) in [6.45, 7) is 1.74. The van der Waals surface area contributed by atoms with Gasteiger partial charge in [-0.1, -0.05) is 11.6 Å². The topological polar surface area (TPSA) is 94.7 Å². The highest BCUT2D eigenvalue weighted by molar-refractivity contribution is 8.01. The standard InChI is InChI=1S/C7H4ClN5O2S2/c1-3-11-7(17-12-3)16-6-4(13(14)15)5(8)9-2-10-6/h2H,1H3. The highest BCUT2D eigenvalue weighted by Crippen LogP contribution is 2.36. The number of hydrogen-bond acceptors (Lipinski definition) is 8. The third kappa shape index (κ3) is 2.68. The SMILES string of the molecule is Cc1nsc(Sc2ncnc(Cl)c2[N+](=O)[O-])n1. The van der Waals surface area contributed by atoms with E-state index in [2.05, 4.69) is 19.3 Å². The molecule has 0 N–H and O–H groups in total. The third-order valence-corrected chi connectivity index (χ3v) is 3.73. The molecule has 0 radical (unpaired) electrons. The fourth-order valence-electron chi connectivity index (χ4n) is 0.973. The van der Waals surface area contributed by atoms with E-state index in [0.717, 1.165) is 23.3 Å². The third-order valence-electron chi connectivity index (χ3n) is 1.62. The van der Waals surface area contributed by atoms with E-state index < -0.39 is 4.92 Å². The first-order valence-corrected chi connectivity index (χ1v) is 6.17. The summed E-state index contributed by atoms with van der Waals surface area (Å²) in [6.07, 6.45) is 1.17. The van der Waals surface area contributed by atoms with Crippen LogP contribution >= 0.6 is 34.9 Å². The molecule has 0 aliphatic carbocycles. The number of nitrogens with zero attached hydrogens (tertiary/aromatic N) is 5. The van der Waals surface area contributed by atoms with Crippen molar-refractivity contribution < 1.29 is 4.92 Å². The zero-order chi connectivity index (χ0) is 12.4. The van der Waals surface area contributed by atoms with E-state index >= 15 is 0 Å². The number of halogens is 1. The Kier molecular flexibility index (Phi) is 3.50. The van der Waals surface area contributed by atoms with Gasteiger partial charge in [-0.15, -0.1) is 0 Å². The summed E-state index contributed by atoms with van der Waals surface area (Å²) in [6, 6.07) is 0. The molecule has 88 valence electrons. The first-order valence-electron chi connectivity index (χ1n) is 4.21. The molecule has 0 fully saturated rings. The maximum Gasteiger partial charge on any atom is 0.338 e. The molecule has 7 nitrogen and oxygen atoms in total. The van der Waals surface area contributed by atoms with E-state index in [1.165, 1.54) is 6.33 Å². The fraction of sp³-hybridized carbons (Fsp3) is 0.143. The molecule has 0 unspecified atom stereocenters. The van der Waals surface area contributed by atoms with Gasteiger partial charge in [0.1, 0.15) is 12.2 Å². The average Bonchev–Trinajstić information content (AvgIpc) is 2.63. The van der Waals surface area contributed by atoms with Crippen molar-refractivity contribution in [1.29, 1.82) is 0 Å². The number of nitro groups is 1. The lowest BCUT2D eigenvalue weighted by molar-refractivity contribution is -0.388. The van der Waals surface area contributed by atoms with Crippen LogP contribution in [-0.2, 0) is 0 Å². The summed E-state index contributed by atoms with van der Waals surface area (Å²) in [7, 11) is 0. The zero-order valence-electron chi connectivity index (χ0n) is 8.32. The second-order valence-electron chi connectivity index (χ2n) is 2.78. The quantitative estimate of drug-likeness (QED) is 0.486. The molecule has 10 heteroatoms. The molecule has 2 aromatic rings. The molecule has 0 amide bonds. The van der Waals surface area contributed by atoms with Gasteiger partial charge in [-0.25, -0.2) is 15.0 Å². The predicted octanol–water partition coefficient (Wildman–Crippen LogP) is 2.35. The van der Waals surface area contributed by atoms with E-state index in [-0.39, 0.29) is 15.9 Å². The van der Waals surface area contributed by atoms with Crippen molar-refractivity contribution in [3.8, 4) is 0 Å². The van der Waals surface area contributed by atoms with Crippen molar-refractivity contribution in [3.05, 3.63) is 27.4 Å². The summed E-state index contributed by atoms with van der Waals surface area (Å²) in [4.78, 5) is 21.7. The van der Waals surface area contributed by atoms with E-state index in [1.807, 2.05) is 0 Å². The minimum absolute atomic E-state index is 0.158. The Bertz CT molecular complexity index is 575. The van der Waals surface area contributed by atoms with Crippen LogP contribution in [-0.4, -0.2) is 24.2 Å². The molecular weight excluding hydrogens is 286 g/mol. The summed E-state index contributed by atoms with van der Waals surface area (Å²) in [5.74, 6) is 0.611. The molecular formula is C7H4ClN5O2S2. The van der Waals surface area contributed by atoms with Crippen molar-refractivity contribution in [3.63, 3.8) is 0 Å². The lowest BCUT2D eigenvalue weighted by Crippen LogP contribution is -1.96. The van der Waals surface area contributed by atoms with Gasteiger partial charge in [0.15, 0.2) is 9.37 Å². The molecule has 2 aromatic heterocycles. The zero-order valence-corrected chi connectivity index (χ0v) is 10.7. The Morgan fingerprint density at radius 1 is 1.53 bits per heavy atom. The molecule has 2 heterocycles. The normalized spacial score (nSPS) is 10.5. The van der Waals surface area contributed by atoms with Crippen LogP contribution in [0.5, 0.6) is 0 Å². The van der Waals surface area contributed by atoms with Crippen molar-refractivity contribution in [2.24, 2.45) is 0 Å². The first-order chi connectivity index (χ1) is 8.08. The largest absolute Gasteiger partial charge is 0.338 e. The van der Waals surface area contributed by atoms with Crippen molar-refractivity contribution >= 4 is 40.6 Å². The molecule has 0 atom stereocenters. The van der Waals surface area contributed by atoms with Crippen LogP contribution in [0.4, 0.5) is 5.69 Å². The maximum atomic E-state index is 10.8. The highest BCUT2D eigenvalue weighted by atomic mass is 35.5.